The first-order valence-electron chi connectivity index (χ1n) is 3.92. The average molecular weight is 261 g/mol. The largest absolute Gasteiger partial charge is 3.00 e. The predicted molar refractivity (Wildman–Crippen MR) is 52.2 cm³/mol. The van der Waals surface area contributed by atoms with E-state index in [0.29, 0.717) is 0 Å². The van der Waals surface area contributed by atoms with E-state index in [-0.39, 0.29) is 19.5 Å². The summed E-state index contributed by atoms with van der Waals surface area (Å²) in [5, 5.41) is 0. The van der Waals surface area contributed by atoms with Crippen LogP contribution >= 0.6 is 0 Å². The second-order valence-electron chi connectivity index (χ2n) is 1.82. The molecule has 0 aromatic carbocycles. The Kier molecular flexibility index (Phi) is 16.0. The van der Waals surface area contributed by atoms with Crippen LogP contribution in [0.1, 0.15) is 13.3 Å². The van der Waals surface area contributed by atoms with Crippen LogP contribution in [-0.2, 0) is 19.5 Å². The summed E-state index contributed by atoms with van der Waals surface area (Å²) in [6.45, 7) is 5.00. The van der Waals surface area contributed by atoms with Crippen molar-refractivity contribution in [3.8, 4) is 0 Å². The molecule has 0 atom stereocenters. The van der Waals surface area contributed by atoms with Gasteiger partial charge >= 0.3 is 19.5 Å². The normalized spacial score (nSPS) is 10.3. The maximum atomic E-state index is 3.25. The number of H-pyrrole nitrogens is 1. The number of allylic oxidation sites excluding steroid dienone is 4. The van der Waals surface area contributed by atoms with Crippen LogP contribution < -0.4 is 0 Å². The van der Waals surface area contributed by atoms with E-state index in [4.69, 9.17) is 0 Å². The Balaban J connectivity index is 0. The Hall–Kier alpha value is -0.617. The summed E-state index contributed by atoms with van der Waals surface area (Å²) in [5.74, 6) is 0. The summed E-state index contributed by atoms with van der Waals surface area (Å²) < 4.78 is 0. The Bertz CT molecular complexity index is 173. The number of aromatic nitrogens is 1. The Labute approximate surface area is 93.7 Å². The zero-order valence-corrected chi connectivity index (χ0v) is 9.47. The van der Waals surface area contributed by atoms with Gasteiger partial charge in [0.1, 0.15) is 0 Å². The molecule has 1 radical (unpaired) electrons. The molecule has 1 aromatic heterocycles. The quantitative estimate of drug-likeness (QED) is 0.546. The van der Waals surface area contributed by atoms with Gasteiger partial charge in [0.15, 0.2) is 0 Å². The van der Waals surface area contributed by atoms with Gasteiger partial charge in [-0.2, -0.15) is 31.3 Å². The molecule has 1 aliphatic rings. The average Bonchev–Trinajstić information content (AvgIpc) is 2.87. The molecule has 0 saturated carbocycles. The molecular weight excluding hydrogens is 247 g/mol. The van der Waals surface area contributed by atoms with Crippen LogP contribution in [-0.4, -0.2) is 4.98 Å². The third-order valence-electron chi connectivity index (χ3n) is 1.03. The third-order valence-corrected chi connectivity index (χ3v) is 1.03. The van der Waals surface area contributed by atoms with Gasteiger partial charge in [0.2, 0.25) is 0 Å². The van der Waals surface area contributed by atoms with Crippen LogP contribution in [0.25, 0.3) is 0 Å². The fraction of sp³-hybridized carbons (Fsp3) is 0.182. The maximum absolute atomic E-state index is 3.25. The molecule has 2 heteroatoms. The Morgan fingerprint density at radius 3 is 2.31 bits per heavy atom. The molecule has 0 fully saturated rings. The van der Waals surface area contributed by atoms with Gasteiger partial charge in [-0.25, -0.2) is 12.2 Å². The van der Waals surface area contributed by atoms with Crippen molar-refractivity contribution < 1.29 is 19.5 Å². The maximum Gasteiger partial charge on any atom is 3.00 e. The van der Waals surface area contributed by atoms with E-state index in [9.17, 15) is 0 Å². The first kappa shape index (κ1) is 14.9. The summed E-state index contributed by atoms with van der Waals surface area (Å²) in [7, 11) is 0. The standard InChI is InChI=1S/C5H5.C4H4N.C2H5.Ru/c2*1-2-4-5-3-1;1-2;/h1-3H,4H2;1-3,5H;1H2,2H3;/q3*-1;+3. The van der Waals surface area contributed by atoms with E-state index in [1.807, 2.05) is 30.5 Å². The molecule has 1 aromatic rings. The zero-order valence-electron chi connectivity index (χ0n) is 7.73. The van der Waals surface area contributed by atoms with E-state index in [1.165, 1.54) is 0 Å². The van der Waals surface area contributed by atoms with E-state index in [0.717, 1.165) is 6.42 Å². The van der Waals surface area contributed by atoms with Crippen LogP contribution in [0.5, 0.6) is 0 Å². The van der Waals surface area contributed by atoms with Crippen molar-refractivity contribution >= 4 is 0 Å². The molecule has 0 saturated heterocycles. The van der Waals surface area contributed by atoms with Crippen LogP contribution in [0.4, 0.5) is 0 Å². The molecule has 0 spiro atoms. The van der Waals surface area contributed by atoms with Crippen molar-refractivity contribution in [3.05, 3.63) is 55.8 Å². The van der Waals surface area contributed by atoms with Gasteiger partial charge in [-0.3, -0.25) is 6.08 Å². The van der Waals surface area contributed by atoms with Crippen molar-refractivity contribution in [2.45, 2.75) is 13.3 Å². The Morgan fingerprint density at radius 1 is 1.38 bits per heavy atom. The minimum Gasteiger partial charge on any atom is -0.484 e. The molecule has 1 nitrogen and oxygen atoms in total. The number of hydrogen-bond acceptors (Lipinski definition) is 0. The van der Waals surface area contributed by atoms with Crippen LogP contribution in [0.3, 0.4) is 0 Å². The molecule has 2 rings (SSSR count). The monoisotopic (exact) mass is 262 g/mol. The van der Waals surface area contributed by atoms with E-state index < -0.39 is 0 Å². The fourth-order valence-electron chi connectivity index (χ4n) is 0.581. The van der Waals surface area contributed by atoms with E-state index in [2.05, 4.69) is 30.3 Å². The molecule has 0 aliphatic heterocycles. The molecule has 13 heavy (non-hydrogen) atoms. The zero-order chi connectivity index (χ0) is 9.07. The van der Waals surface area contributed by atoms with Crippen molar-refractivity contribution in [2.75, 3.05) is 0 Å². The van der Waals surface area contributed by atoms with Crippen LogP contribution in [0.2, 0.25) is 0 Å². The smallest absolute Gasteiger partial charge is 0.484 e. The number of nitrogens with one attached hydrogen (secondary N) is 1. The molecule has 1 heterocycles. The van der Waals surface area contributed by atoms with E-state index >= 15 is 0 Å². The summed E-state index contributed by atoms with van der Waals surface area (Å²) in [4.78, 5) is 2.74. The SMILES string of the molecule is [C-]1=CC=CC1.[CH2-]C.[Ru+3].[c-]1ccc[nH]1. The molecule has 0 unspecified atom stereocenters. The summed E-state index contributed by atoms with van der Waals surface area (Å²) in [6.07, 6.45) is 14.6. The molecule has 71 valence electrons. The fourth-order valence-corrected chi connectivity index (χ4v) is 0.581. The minimum atomic E-state index is 0. The second kappa shape index (κ2) is 13.9. The predicted octanol–water partition coefficient (Wildman–Crippen LogP) is 2.96. The van der Waals surface area contributed by atoms with Crippen LogP contribution in [0.15, 0.2) is 36.6 Å². The molecule has 0 amide bonds. The topological polar surface area (TPSA) is 15.8 Å². The number of aromatic amines is 1. The second-order valence-corrected chi connectivity index (χ2v) is 1.82. The minimum absolute atomic E-state index is 0. The van der Waals surface area contributed by atoms with Gasteiger partial charge < -0.3 is 11.9 Å². The van der Waals surface area contributed by atoms with E-state index in [1.54, 1.807) is 6.92 Å². The van der Waals surface area contributed by atoms with Crippen molar-refractivity contribution in [1.29, 1.82) is 0 Å². The molecule has 1 aliphatic carbocycles. The van der Waals surface area contributed by atoms with Gasteiger partial charge in [0.25, 0.3) is 0 Å². The van der Waals surface area contributed by atoms with Gasteiger partial charge in [-0.05, 0) is 0 Å². The molecule has 0 bridgehead atoms. The molecule has 1 N–H and O–H groups in total. The first-order valence-corrected chi connectivity index (χ1v) is 3.92. The number of hydrogen-bond donors (Lipinski definition) is 1. The summed E-state index contributed by atoms with van der Waals surface area (Å²) in [5.41, 5.74) is 0. The van der Waals surface area contributed by atoms with Crippen LogP contribution in [0, 0.1) is 19.2 Å². The molecular formula is C11H14NRu. The van der Waals surface area contributed by atoms with Crippen molar-refractivity contribution in [2.24, 2.45) is 0 Å². The van der Waals surface area contributed by atoms with Gasteiger partial charge in [-0.15, -0.1) is 12.6 Å². The summed E-state index contributed by atoms with van der Waals surface area (Å²) >= 11 is 0. The van der Waals surface area contributed by atoms with Gasteiger partial charge in [0.05, 0.1) is 0 Å². The summed E-state index contributed by atoms with van der Waals surface area (Å²) in [6, 6.07) is 3.71. The first-order chi connectivity index (χ1) is 6.00. The number of rotatable bonds is 0. The third kappa shape index (κ3) is 11.4. The van der Waals surface area contributed by atoms with Crippen molar-refractivity contribution in [3.63, 3.8) is 0 Å². The van der Waals surface area contributed by atoms with Crippen molar-refractivity contribution in [1.82, 2.24) is 4.98 Å². The Morgan fingerprint density at radius 2 is 2.15 bits per heavy atom. The van der Waals surface area contributed by atoms with Gasteiger partial charge in [0, 0.05) is 0 Å². The van der Waals surface area contributed by atoms with Gasteiger partial charge in [-0.1, -0.05) is 0 Å².